The van der Waals surface area contributed by atoms with Crippen LogP contribution in [0, 0.1) is 29.1 Å². The first-order chi connectivity index (χ1) is 9.79. The number of carbonyl (C=O) groups is 1. The fourth-order valence-electron chi connectivity index (χ4n) is 1.49. The zero-order chi connectivity index (χ0) is 15.7. The van der Waals surface area contributed by atoms with E-state index in [0.29, 0.717) is 12.1 Å². The van der Waals surface area contributed by atoms with Crippen molar-refractivity contribution < 1.29 is 31.5 Å². The van der Waals surface area contributed by atoms with Crippen LogP contribution in [0.4, 0.5) is 22.0 Å². The molecule has 0 aliphatic rings. The minimum absolute atomic E-state index is 0.0490. The van der Waals surface area contributed by atoms with Crippen LogP contribution in [0.15, 0.2) is 28.7 Å². The van der Waals surface area contributed by atoms with Crippen LogP contribution in [0.2, 0.25) is 0 Å². The quantitative estimate of drug-likeness (QED) is 0.341. The van der Waals surface area contributed by atoms with Crippen molar-refractivity contribution in [2.45, 2.75) is 0 Å². The number of ether oxygens (including phenoxy) is 1. The molecule has 0 fully saturated rings. The highest BCUT2D eigenvalue weighted by atomic mass is 79.9. The maximum Gasteiger partial charge on any atom is 0.349 e. The van der Waals surface area contributed by atoms with E-state index in [1.54, 1.807) is 0 Å². The average Bonchev–Trinajstić information content (AvgIpc) is 2.34. The second-order valence-corrected chi connectivity index (χ2v) is 4.75. The smallest absolute Gasteiger partial charge is 0.349 e. The molecule has 2 aromatic rings. The summed E-state index contributed by atoms with van der Waals surface area (Å²) in [5.41, 5.74) is -1.04. The summed E-state index contributed by atoms with van der Waals surface area (Å²) < 4.78 is 70.1. The average molecular weight is 367 g/mol. The van der Waals surface area contributed by atoms with Crippen LogP contribution in [0.3, 0.4) is 0 Å². The van der Waals surface area contributed by atoms with E-state index in [1.165, 1.54) is 0 Å². The maximum absolute atomic E-state index is 13.5. The van der Waals surface area contributed by atoms with Gasteiger partial charge in [-0.25, -0.2) is 26.7 Å². The van der Waals surface area contributed by atoms with Gasteiger partial charge in [-0.15, -0.1) is 0 Å². The van der Waals surface area contributed by atoms with Gasteiger partial charge in [0.15, 0.2) is 17.5 Å². The second kappa shape index (κ2) is 5.80. The van der Waals surface area contributed by atoms with Crippen molar-refractivity contribution in [2.24, 2.45) is 0 Å². The highest BCUT2D eigenvalue weighted by Gasteiger charge is 2.22. The number of benzene rings is 2. The minimum atomic E-state index is -1.75. The predicted molar refractivity (Wildman–Crippen MR) is 65.3 cm³/mol. The van der Waals surface area contributed by atoms with E-state index in [4.69, 9.17) is 0 Å². The Bertz CT molecular complexity index is 686. The van der Waals surface area contributed by atoms with Gasteiger partial charge in [0, 0.05) is 16.6 Å². The van der Waals surface area contributed by atoms with Crippen LogP contribution < -0.4 is 4.74 Å². The molecule has 0 saturated carbocycles. The lowest BCUT2D eigenvalue weighted by atomic mass is 10.2. The standard InChI is InChI=1S/C13H4BrF5O2/c14-5-1-7(15)11(8(16)2-5)13(20)21-6-3-9(17)12(19)10(18)4-6/h1-4H. The lowest BCUT2D eigenvalue weighted by molar-refractivity contribution is 0.0723. The van der Waals surface area contributed by atoms with Crippen LogP contribution in [0.5, 0.6) is 5.75 Å². The SMILES string of the molecule is O=C(Oc1cc(F)c(F)c(F)c1)c1c(F)cc(Br)cc1F. The first kappa shape index (κ1) is 15.4. The summed E-state index contributed by atoms with van der Waals surface area (Å²) >= 11 is 2.82. The first-order valence-corrected chi connectivity index (χ1v) is 6.10. The number of carbonyl (C=O) groups excluding carboxylic acids is 1. The lowest BCUT2D eigenvalue weighted by Crippen LogP contribution is -2.13. The van der Waals surface area contributed by atoms with Gasteiger partial charge in [-0.1, -0.05) is 15.9 Å². The zero-order valence-electron chi connectivity index (χ0n) is 9.89. The monoisotopic (exact) mass is 366 g/mol. The molecule has 2 nitrogen and oxygen atoms in total. The highest BCUT2D eigenvalue weighted by Crippen LogP contribution is 2.23. The van der Waals surface area contributed by atoms with Gasteiger partial charge in [-0.2, -0.15) is 0 Å². The van der Waals surface area contributed by atoms with Crippen LogP contribution >= 0.6 is 15.9 Å². The molecule has 2 rings (SSSR count). The molecule has 0 spiro atoms. The molecular weight excluding hydrogens is 363 g/mol. The Morgan fingerprint density at radius 2 is 1.33 bits per heavy atom. The number of rotatable bonds is 2. The Kier molecular flexibility index (Phi) is 4.26. The predicted octanol–water partition coefficient (Wildman–Crippen LogP) is 4.36. The Balaban J connectivity index is 2.35. The zero-order valence-corrected chi connectivity index (χ0v) is 11.5. The van der Waals surface area contributed by atoms with Crippen molar-refractivity contribution in [3.05, 3.63) is 63.4 Å². The third-order valence-corrected chi connectivity index (χ3v) is 2.84. The van der Waals surface area contributed by atoms with Gasteiger partial charge < -0.3 is 4.74 Å². The third-order valence-electron chi connectivity index (χ3n) is 2.38. The van der Waals surface area contributed by atoms with E-state index in [-0.39, 0.29) is 4.47 Å². The summed E-state index contributed by atoms with van der Waals surface area (Å²) in [4.78, 5) is 11.6. The van der Waals surface area contributed by atoms with E-state index in [1.807, 2.05) is 0 Å². The lowest BCUT2D eigenvalue weighted by Gasteiger charge is -2.07. The van der Waals surface area contributed by atoms with E-state index < -0.39 is 46.4 Å². The Hall–Kier alpha value is -1.96. The molecule has 0 heterocycles. The molecule has 0 bridgehead atoms. The molecule has 21 heavy (non-hydrogen) atoms. The number of hydrogen-bond donors (Lipinski definition) is 0. The third kappa shape index (κ3) is 3.21. The molecule has 0 N–H and O–H groups in total. The van der Waals surface area contributed by atoms with Crippen molar-refractivity contribution in [2.75, 3.05) is 0 Å². The van der Waals surface area contributed by atoms with Crippen molar-refractivity contribution in [1.82, 2.24) is 0 Å². The molecule has 2 aromatic carbocycles. The summed E-state index contributed by atoms with van der Waals surface area (Å²) in [6.45, 7) is 0. The van der Waals surface area contributed by atoms with Crippen molar-refractivity contribution in [3.8, 4) is 5.75 Å². The van der Waals surface area contributed by atoms with E-state index >= 15 is 0 Å². The largest absolute Gasteiger partial charge is 0.423 e. The molecule has 0 aliphatic heterocycles. The first-order valence-electron chi connectivity index (χ1n) is 5.31. The number of esters is 1. The molecule has 0 aliphatic carbocycles. The molecule has 0 unspecified atom stereocenters. The fraction of sp³-hybridized carbons (Fsp3) is 0. The second-order valence-electron chi connectivity index (χ2n) is 3.83. The molecular formula is C13H4BrF5O2. The fourth-order valence-corrected chi connectivity index (χ4v) is 1.89. The van der Waals surface area contributed by atoms with Crippen LogP contribution in [-0.4, -0.2) is 5.97 Å². The summed E-state index contributed by atoms with van der Waals surface area (Å²) in [5.74, 6) is -9.65. The Morgan fingerprint density at radius 1 is 0.857 bits per heavy atom. The van der Waals surface area contributed by atoms with Gasteiger partial charge in [0.25, 0.3) is 0 Å². The summed E-state index contributed by atoms with van der Waals surface area (Å²) in [6, 6.07) is 2.38. The molecule has 0 amide bonds. The van der Waals surface area contributed by atoms with E-state index in [2.05, 4.69) is 20.7 Å². The van der Waals surface area contributed by atoms with Crippen molar-refractivity contribution in [1.29, 1.82) is 0 Å². The number of halogens is 6. The van der Waals surface area contributed by atoms with Gasteiger partial charge in [0.1, 0.15) is 22.9 Å². The van der Waals surface area contributed by atoms with Gasteiger partial charge in [0.2, 0.25) is 0 Å². The Morgan fingerprint density at radius 3 is 1.81 bits per heavy atom. The van der Waals surface area contributed by atoms with Gasteiger partial charge in [0.05, 0.1) is 0 Å². The van der Waals surface area contributed by atoms with Gasteiger partial charge in [-0.05, 0) is 12.1 Å². The van der Waals surface area contributed by atoms with Crippen LogP contribution in [0.25, 0.3) is 0 Å². The minimum Gasteiger partial charge on any atom is -0.423 e. The molecule has 0 aromatic heterocycles. The molecule has 110 valence electrons. The topological polar surface area (TPSA) is 26.3 Å². The Labute approximate surface area is 123 Å². The highest BCUT2D eigenvalue weighted by molar-refractivity contribution is 9.10. The number of hydrogen-bond acceptors (Lipinski definition) is 2. The normalized spacial score (nSPS) is 10.6. The van der Waals surface area contributed by atoms with Gasteiger partial charge >= 0.3 is 5.97 Å². The molecule has 8 heteroatoms. The van der Waals surface area contributed by atoms with E-state index in [0.717, 1.165) is 12.1 Å². The van der Waals surface area contributed by atoms with Crippen LogP contribution in [0.1, 0.15) is 10.4 Å². The van der Waals surface area contributed by atoms with Crippen LogP contribution in [-0.2, 0) is 0 Å². The van der Waals surface area contributed by atoms with Crippen molar-refractivity contribution in [3.63, 3.8) is 0 Å². The van der Waals surface area contributed by atoms with Gasteiger partial charge in [-0.3, -0.25) is 0 Å². The summed E-state index contributed by atoms with van der Waals surface area (Å²) in [7, 11) is 0. The summed E-state index contributed by atoms with van der Waals surface area (Å²) in [5, 5.41) is 0. The molecule has 0 saturated heterocycles. The van der Waals surface area contributed by atoms with Crippen molar-refractivity contribution >= 4 is 21.9 Å². The molecule has 0 radical (unpaired) electrons. The molecule has 0 atom stereocenters. The summed E-state index contributed by atoms with van der Waals surface area (Å²) in [6.07, 6.45) is 0. The maximum atomic E-state index is 13.5. The van der Waals surface area contributed by atoms with E-state index in [9.17, 15) is 26.7 Å².